The fraction of sp³-hybridized carbons (Fsp3) is 0.0794. The summed E-state index contributed by atoms with van der Waals surface area (Å²) in [7, 11) is 0. The third-order valence-corrected chi connectivity index (χ3v) is 14.4. The van der Waals surface area contributed by atoms with Crippen LogP contribution >= 0.6 is 0 Å². The van der Waals surface area contributed by atoms with Crippen LogP contribution in [0.25, 0.3) is 66.4 Å². The van der Waals surface area contributed by atoms with Crippen molar-refractivity contribution in [2.45, 2.75) is 31.6 Å². The molecule has 2 aliphatic carbocycles. The summed E-state index contributed by atoms with van der Waals surface area (Å²) in [5.74, 6) is 0. The van der Waals surface area contributed by atoms with E-state index in [1.165, 1.54) is 94.2 Å². The van der Waals surface area contributed by atoms with Gasteiger partial charge in [0.25, 0.3) is 0 Å². The molecular formula is C63H47N. The van der Waals surface area contributed by atoms with Gasteiger partial charge in [0.05, 0.1) is 5.69 Å². The van der Waals surface area contributed by atoms with Crippen molar-refractivity contribution >= 4 is 27.8 Å². The molecule has 64 heavy (non-hydrogen) atoms. The first-order chi connectivity index (χ1) is 31.4. The van der Waals surface area contributed by atoms with Crippen molar-refractivity contribution in [3.8, 4) is 55.6 Å². The number of para-hydroxylation sites is 1. The van der Waals surface area contributed by atoms with Gasteiger partial charge in [0, 0.05) is 27.8 Å². The first-order valence-corrected chi connectivity index (χ1v) is 22.5. The van der Waals surface area contributed by atoms with Gasteiger partial charge >= 0.3 is 0 Å². The lowest BCUT2D eigenvalue weighted by Gasteiger charge is -2.29. The van der Waals surface area contributed by atoms with E-state index in [0.717, 1.165) is 17.1 Å². The highest BCUT2D eigenvalue weighted by Crippen LogP contribution is 2.55. The van der Waals surface area contributed by atoms with Crippen LogP contribution in [0.5, 0.6) is 0 Å². The molecule has 1 atom stereocenters. The second-order valence-corrected chi connectivity index (χ2v) is 18.2. The van der Waals surface area contributed by atoms with E-state index >= 15 is 0 Å². The Kier molecular flexibility index (Phi) is 8.71. The van der Waals surface area contributed by atoms with Gasteiger partial charge in [-0.25, -0.2) is 0 Å². The van der Waals surface area contributed by atoms with Crippen molar-refractivity contribution in [2.75, 3.05) is 4.90 Å². The van der Waals surface area contributed by atoms with Gasteiger partial charge in [0.15, 0.2) is 0 Å². The minimum absolute atomic E-state index is 0.0982. The Morgan fingerprint density at radius 3 is 1.77 bits per heavy atom. The van der Waals surface area contributed by atoms with Gasteiger partial charge in [0.2, 0.25) is 0 Å². The van der Waals surface area contributed by atoms with E-state index in [1.807, 2.05) is 0 Å². The van der Waals surface area contributed by atoms with Crippen LogP contribution in [-0.4, -0.2) is 0 Å². The van der Waals surface area contributed by atoms with E-state index in [9.17, 15) is 0 Å². The van der Waals surface area contributed by atoms with Crippen molar-refractivity contribution < 1.29 is 0 Å². The first kappa shape index (κ1) is 38.0. The van der Waals surface area contributed by atoms with Crippen molar-refractivity contribution in [1.82, 2.24) is 0 Å². The molecule has 1 heteroatoms. The average molecular weight is 818 g/mol. The molecule has 0 N–H and O–H groups in total. The van der Waals surface area contributed by atoms with E-state index < -0.39 is 0 Å². The molecule has 0 heterocycles. The number of benzene rings is 10. The molecular weight excluding hydrogens is 771 g/mol. The fourth-order valence-corrected chi connectivity index (χ4v) is 11.2. The number of rotatable bonds is 7. The van der Waals surface area contributed by atoms with Crippen LogP contribution in [0.4, 0.5) is 17.1 Å². The van der Waals surface area contributed by atoms with Gasteiger partial charge in [-0.05, 0) is 132 Å². The molecule has 304 valence electrons. The van der Waals surface area contributed by atoms with E-state index in [4.69, 9.17) is 0 Å². The second kappa shape index (κ2) is 14.7. The van der Waals surface area contributed by atoms with E-state index in [1.54, 1.807) is 0 Å². The summed E-state index contributed by atoms with van der Waals surface area (Å²) >= 11 is 0. The van der Waals surface area contributed by atoms with Gasteiger partial charge in [0.1, 0.15) is 0 Å². The predicted molar refractivity (Wildman–Crippen MR) is 270 cm³/mol. The SMILES string of the molecule is CC1(C)c2ccccc2-c2c(-c3ccccc3N(c3ccc(-c4ccc5c(c4)-c4ccccc4C5(C)c4ccccc4)cc3)c3cccc(-c4cccc5ccccc45)c3)cccc21. The molecule has 1 nitrogen and oxygen atoms in total. The third kappa shape index (κ3) is 5.77. The molecule has 0 aromatic heterocycles. The third-order valence-electron chi connectivity index (χ3n) is 14.4. The zero-order valence-corrected chi connectivity index (χ0v) is 36.4. The lowest BCUT2D eigenvalue weighted by molar-refractivity contribution is 0.660. The van der Waals surface area contributed by atoms with Crippen LogP contribution in [-0.2, 0) is 10.8 Å². The maximum absolute atomic E-state index is 2.46. The summed E-state index contributed by atoms with van der Waals surface area (Å²) in [5.41, 5.74) is 22.3. The summed E-state index contributed by atoms with van der Waals surface area (Å²) in [6.45, 7) is 7.11. The van der Waals surface area contributed by atoms with Gasteiger partial charge in [-0.15, -0.1) is 0 Å². The number of fused-ring (bicyclic) bond motifs is 7. The number of anilines is 3. The summed E-state index contributed by atoms with van der Waals surface area (Å²) in [5, 5.41) is 2.49. The van der Waals surface area contributed by atoms with Crippen LogP contribution in [0.3, 0.4) is 0 Å². The summed E-state index contributed by atoms with van der Waals surface area (Å²) in [6.07, 6.45) is 0. The molecule has 0 radical (unpaired) electrons. The summed E-state index contributed by atoms with van der Waals surface area (Å²) in [6, 6.07) is 85.4. The quantitative estimate of drug-likeness (QED) is 0.155. The minimum Gasteiger partial charge on any atom is -0.310 e. The molecule has 0 saturated heterocycles. The Labute approximate surface area is 376 Å². The lowest BCUT2D eigenvalue weighted by Crippen LogP contribution is -2.22. The van der Waals surface area contributed by atoms with Crippen molar-refractivity contribution in [3.63, 3.8) is 0 Å². The second-order valence-electron chi connectivity index (χ2n) is 18.2. The average Bonchev–Trinajstić information content (AvgIpc) is 3.76. The molecule has 0 amide bonds. The molecule has 1 unspecified atom stereocenters. The standard InChI is InChI=1S/C63H47N/c1-62(2)56-30-12-10-27-54(56)61-53(29-17-32-59(61)62)52-26-11-14-33-60(52)64(48-23-15-20-45(40-48)50-28-16-19-43-18-7-8-24-49(43)50)47-37-34-42(35-38-47)44-36-39-58-55(41-44)51-25-9-13-31-57(51)63(58,3)46-21-5-4-6-22-46/h4-41H,1-3H3. The molecule has 12 rings (SSSR count). The highest BCUT2D eigenvalue weighted by molar-refractivity contribution is 6.00. The van der Waals surface area contributed by atoms with Crippen LogP contribution in [0.2, 0.25) is 0 Å². The monoisotopic (exact) mass is 817 g/mol. The van der Waals surface area contributed by atoms with E-state index in [2.05, 4.69) is 256 Å². The Balaban J connectivity index is 1.01. The van der Waals surface area contributed by atoms with Crippen LogP contribution in [0.15, 0.2) is 231 Å². The number of hydrogen-bond donors (Lipinski definition) is 0. The molecule has 0 aliphatic heterocycles. The minimum atomic E-state index is -0.221. The molecule has 0 bridgehead atoms. The first-order valence-electron chi connectivity index (χ1n) is 22.5. The highest BCUT2D eigenvalue weighted by Gasteiger charge is 2.41. The van der Waals surface area contributed by atoms with Gasteiger partial charge in [-0.1, -0.05) is 208 Å². The maximum Gasteiger partial charge on any atom is 0.0540 e. The summed E-state index contributed by atoms with van der Waals surface area (Å²) in [4.78, 5) is 2.46. The Bertz CT molecular complexity index is 3420. The Morgan fingerprint density at radius 1 is 0.328 bits per heavy atom. The summed E-state index contributed by atoms with van der Waals surface area (Å²) < 4.78 is 0. The van der Waals surface area contributed by atoms with Crippen molar-refractivity contribution in [2.24, 2.45) is 0 Å². The van der Waals surface area contributed by atoms with Gasteiger partial charge in [-0.2, -0.15) is 0 Å². The Morgan fingerprint density at radius 2 is 0.922 bits per heavy atom. The smallest absolute Gasteiger partial charge is 0.0540 e. The largest absolute Gasteiger partial charge is 0.310 e. The molecule has 0 spiro atoms. The molecule has 10 aromatic rings. The predicted octanol–water partition coefficient (Wildman–Crippen LogP) is 17.0. The Hall–Kier alpha value is -7.74. The van der Waals surface area contributed by atoms with Crippen molar-refractivity contribution in [3.05, 3.63) is 258 Å². The number of hydrogen-bond acceptors (Lipinski definition) is 1. The normalized spacial score (nSPS) is 15.3. The zero-order valence-electron chi connectivity index (χ0n) is 36.4. The molecule has 2 aliphatic rings. The zero-order chi connectivity index (χ0) is 43.0. The highest BCUT2D eigenvalue weighted by atomic mass is 15.1. The number of nitrogens with zero attached hydrogens (tertiary/aromatic N) is 1. The molecule has 10 aromatic carbocycles. The van der Waals surface area contributed by atoms with Crippen LogP contribution in [0.1, 0.15) is 48.6 Å². The van der Waals surface area contributed by atoms with E-state index in [-0.39, 0.29) is 10.8 Å². The van der Waals surface area contributed by atoms with Gasteiger partial charge < -0.3 is 4.90 Å². The topological polar surface area (TPSA) is 3.24 Å². The van der Waals surface area contributed by atoms with Gasteiger partial charge in [-0.3, -0.25) is 0 Å². The van der Waals surface area contributed by atoms with Crippen LogP contribution < -0.4 is 4.90 Å². The van der Waals surface area contributed by atoms with Crippen LogP contribution in [0, 0.1) is 0 Å². The molecule has 0 saturated carbocycles. The van der Waals surface area contributed by atoms with Crippen molar-refractivity contribution in [1.29, 1.82) is 0 Å². The molecule has 0 fully saturated rings. The lowest BCUT2D eigenvalue weighted by atomic mass is 9.74. The fourth-order valence-electron chi connectivity index (χ4n) is 11.2. The van der Waals surface area contributed by atoms with E-state index in [0.29, 0.717) is 0 Å². The maximum atomic E-state index is 2.46.